The number of rotatable bonds is 4. The number of anilines is 2. The summed E-state index contributed by atoms with van der Waals surface area (Å²) in [5, 5.41) is 14.8. The molecule has 7 nitrogen and oxygen atoms in total. The van der Waals surface area contributed by atoms with Gasteiger partial charge in [0.25, 0.3) is 11.8 Å². The summed E-state index contributed by atoms with van der Waals surface area (Å²) in [6, 6.07) is 13.0. The molecule has 2 amide bonds. The molecule has 0 aliphatic carbocycles. The fraction of sp³-hybridized carbons (Fsp3) is 0.200. The van der Waals surface area contributed by atoms with Crippen molar-refractivity contribution in [2.24, 2.45) is 0 Å². The molecule has 28 heavy (non-hydrogen) atoms. The van der Waals surface area contributed by atoms with E-state index < -0.39 is 0 Å². The van der Waals surface area contributed by atoms with Crippen LogP contribution in [0.2, 0.25) is 0 Å². The van der Waals surface area contributed by atoms with E-state index >= 15 is 0 Å². The molecule has 2 aromatic carbocycles. The van der Waals surface area contributed by atoms with E-state index in [1.165, 1.54) is 16.9 Å². The molecule has 0 fully saturated rings. The lowest BCUT2D eigenvalue weighted by atomic mass is 10.0. The summed E-state index contributed by atoms with van der Waals surface area (Å²) in [6.45, 7) is 4.27. The van der Waals surface area contributed by atoms with Gasteiger partial charge in [-0.05, 0) is 29.7 Å². The van der Waals surface area contributed by atoms with Crippen molar-refractivity contribution in [3.05, 3.63) is 53.6 Å². The van der Waals surface area contributed by atoms with E-state index in [-0.39, 0.29) is 18.4 Å². The van der Waals surface area contributed by atoms with E-state index in [1.54, 1.807) is 18.2 Å². The standard InChI is InChI=1S/C20H18N4O3S/c1-11(2)12-3-5-13(6-4-12)19-23-24-20(28-19)22-18(26)14-7-8-16-15(9-14)21-17(25)10-27-16/h3-9,11H,10H2,1-2H3,(H,21,25)(H,22,24,26). The molecule has 1 aliphatic rings. The molecule has 0 saturated carbocycles. The molecule has 0 atom stereocenters. The molecule has 142 valence electrons. The number of nitrogens with one attached hydrogen (secondary N) is 2. The summed E-state index contributed by atoms with van der Waals surface area (Å²) < 4.78 is 5.30. The van der Waals surface area contributed by atoms with Crippen molar-refractivity contribution in [1.29, 1.82) is 0 Å². The lowest BCUT2D eigenvalue weighted by molar-refractivity contribution is -0.118. The minimum Gasteiger partial charge on any atom is -0.482 e. The summed E-state index contributed by atoms with van der Waals surface area (Å²) >= 11 is 1.30. The van der Waals surface area contributed by atoms with Gasteiger partial charge in [0, 0.05) is 11.1 Å². The maximum atomic E-state index is 12.5. The molecule has 8 heteroatoms. The van der Waals surface area contributed by atoms with Crippen LogP contribution in [0, 0.1) is 0 Å². The molecule has 0 saturated heterocycles. The maximum absolute atomic E-state index is 12.5. The van der Waals surface area contributed by atoms with Crippen LogP contribution in [0.1, 0.15) is 35.7 Å². The van der Waals surface area contributed by atoms with Gasteiger partial charge in [0.05, 0.1) is 5.69 Å². The van der Waals surface area contributed by atoms with Crippen LogP contribution >= 0.6 is 11.3 Å². The third-order valence-electron chi connectivity index (χ3n) is 4.34. The number of aromatic nitrogens is 2. The van der Waals surface area contributed by atoms with Crippen molar-refractivity contribution in [3.63, 3.8) is 0 Å². The number of hydrogen-bond acceptors (Lipinski definition) is 6. The van der Waals surface area contributed by atoms with Crippen molar-refractivity contribution in [2.45, 2.75) is 19.8 Å². The first kappa shape index (κ1) is 18.1. The summed E-state index contributed by atoms with van der Waals surface area (Å²) in [5.41, 5.74) is 3.08. The van der Waals surface area contributed by atoms with Crippen molar-refractivity contribution in [1.82, 2.24) is 10.2 Å². The van der Waals surface area contributed by atoms with E-state index in [0.29, 0.717) is 28.0 Å². The number of benzene rings is 2. The smallest absolute Gasteiger partial charge is 0.262 e. The molecule has 2 heterocycles. The van der Waals surface area contributed by atoms with Crippen molar-refractivity contribution in [2.75, 3.05) is 17.2 Å². The molecular formula is C20H18N4O3S. The third-order valence-corrected chi connectivity index (χ3v) is 5.23. The highest BCUT2D eigenvalue weighted by molar-refractivity contribution is 7.18. The van der Waals surface area contributed by atoms with Gasteiger partial charge in [-0.1, -0.05) is 49.4 Å². The predicted octanol–water partition coefficient (Wildman–Crippen LogP) is 3.91. The van der Waals surface area contributed by atoms with Gasteiger partial charge < -0.3 is 10.1 Å². The molecular weight excluding hydrogens is 376 g/mol. The van der Waals surface area contributed by atoms with E-state index in [9.17, 15) is 9.59 Å². The first-order chi connectivity index (χ1) is 13.5. The van der Waals surface area contributed by atoms with Gasteiger partial charge in [0.2, 0.25) is 5.13 Å². The van der Waals surface area contributed by atoms with Crippen molar-refractivity contribution >= 4 is 34.0 Å². The Morgan fingerprint density at radius 3 is 2.71 bits per heavy atom. The number of fused-ring (bicyclic) bond motifs is 1. The second-order valence-corrected chi connectivity index (χ2v) is 7.67. The Labute approximate surface area is 165 Å². The van der Waals surface area contributed by atoms with Crippen LogP contribution in [0.25, 0.3) is 10.6 Å². The lowest BCUT2D eigenvalue weighted by Crippen LogP contribution is -2.25. The molecule has 0 spiro atoms. The number of ether oxygens (including phenoxy) is 1. The summed E-state index contributed by atoms with van der Waals surface area (Å²) in [6.07, 6.45) is 0. The quantitative estimate of drug-likeness (QED) is 0.700. The predicted molar refractivity (Wildman–Crippen MR) is 108 cm³/mol. The van der Waals surface area contributed by atoms with Crippen LogP contribution in [-0.2, 0) is 4.79 Å². The topological polar surface area (TPSA) is 93.2 Å². The van der Waals surface area contributed by atoms with Gasteiger partial charge in [0.1, 0.15) is 10.8 Å². The number of hydrogen-bond donors (Lipinski definition) is 2. The molecule has 3 aromatic rings. The molecule has 2 N–H and O–H groups in total. The zero-order chi connectivity index (χ0) is 19.7. The van der Waals surface area contributed by atoms with Gasteiger partial charge in [-0.3, -0.25) is 14.9 Å². The zero-order valence-electron chi connectivity index (χ0n) is 15.4. The number of amides is 2. The average molecular weight is 394 g/mol. The van der Waals surface area contributed by atoms with Crippen molar-refractivity contribution in [3.8, 4) is 16.3 Å². The maximum Gasteiger partial charge on any atom is 0.262 e. The highest BCUT2D eigenvalue weighted by atomic mass is 32.1. The van der Waals surface area contributed by atoms with Crippen LogP contribution in [0.5, 0.6) is 5.75 Å². The van der Waals surface area contributed by atoms with E-state index in [0.717, 1.165) is 10.6 Å². The first-order valence-electron chi connectivity index (χ1n) is 8.81. The summed E-state index contributed by atoms with van der Waals surface area (Å²) in [7, 11) is 0. The Bertz CT molecular complexity index is 1040. The first-order valence-corrected chi connectivity index (χ1v) is 9.63. The van der Waals surface area contributed by atoms with Gasteiger partial charge in [-0.15, -0.1) is 10.2 Å². The Hall–Kier alpha value is -3.26. The van der Waals surface area contributed by atoms with E-state index in [1.807, 2.05) is 12.1 Å². The van der Waals surface area contributed by atoms with Crippen LogP contribution in [-0.4, -0.2) is 28.6 Å². The Morgan fingerprint density at radius 1 is 1.18 bits per heavy atom. The van der Waals surface area contributed by atoms with E-state index in [2.05, 4.69) is 46.8 Å². The van der Waals surface area contributed by atoms with E-state index in [4.69, 9.17) is 4.74 Å². The normalized spacial score (nSPS) is 12.9. The highest BCUT2D eigenvalue weighted by Gasteiger charge is 2.18. The van der Waals surface area contributed by atoms with Gasteiger partial charge >= 0.3 is 0 Å². The zero-order valence-corrected chi connectivity index (χ0v) is 16.2. The second-order valence-electron chi connectivity index (χ2n) is 6.69. The monoisotopic (exact) mass is 394 g/mol. The number of nitrogens with zero attached hydrogens (tertiary/aromatic N) is 2. The van der Waals surface area contributed by atoms with Gasteiger partial charge in [-0.25, -0.2) is 0 Å². The Kier molecular flexibility index (Phi) is 4.79. The Balaban J connectivity index is 1.48. The van der Waals surface area contributed by atoms with Crippen LogP contribution < -0.4 is 15.4 Å². The van der Waals surface area contributed by atoms with Crippen LogP contribution in [0.4, 0.5) is 10.8 Å². The minimum atomic E-state index is -0.333. The molecule has 0 bridgehead atoms. The molecule has 4 rings (SSSR count). The van der Waals surface area contributed by atoms with Crippen molar-refractivity contribution < 1.29 is 14.3 Å². The summed E-state index contributed by atoms with van der Waals surface area (Å²) in [4.78, 5) is 24.0. The van der Waals surface area contributed by atoms with Gasteiger partial charge in [-0.2, -0.15) is 0 Å². The average Bonchev–Trinajstić information content (AvgIpc) is 3.16. The molecule has 0 radical (unpaired) electrons. The lowest BCUT2D eigenvalue weighted by Gasteiger charge is -2.18. The minimum absolute atomic E-state index is 0.0236. The summed E-state index contributed by atoms with van der Waals surface area (Å²) in [5.74, 6) is 0.423. The molecule has 1 aromatic heterocycles. The second kappa shape index (κ2) is 7.40. The third kappa shape index (κ3) is 3.72. The number of carbonyl (C=O) groups is 2. The fourth-order valence-corrected chi connectivity index (χ4v) is 3.54. The largest absolute Gasteiger partial charge is 0.482 e. The SMILES string of the molecule is CC(C)c1ccc(-c2nnc(NC(=O)c3ccc4c(c3)NC(=O)CO4)s2)cc1. The Morgan fingerprint density at radius 2 is 1.96 bits per heavy atom. The highest BCUT2D eigenvalue weighted by Crippen LogP contribution is 2.30. The molecule has 1 aliphatic heterocycles. The van der Waals surface area contributed by atoms with Crippen LogP contribution in [0.15, 0.2) is 42.5 Å². The number of carbonyl (C=O) groups excluding carboxylic acids is 2. The van der Waals surface area contributed by atoms with Gasteiger partial charge in [0.15, 0.2) is 6.61 Å². The fourth-order valence-electron chi connectivity index (χ4n) is 2.79. The molecule has 0 unspecified atom stereocenters. The van der Waals surface area contributed by atoms with Crippen LogP contribution in [0.3, 0.4) is 0 Å².